The first kappa shape index (κ1) is 31.8. The minimum Gasteiger partial charge on any atom is -0.395 e. The van der Waals surface area contributed by atoms with E-state index in [2.05, 4.69) is 12.1 Å². The summed E-state index contributed by atoms with van der Waals surface area (Å²) >= 11 is 0. The molecule has 1 aliphatic rings. The molecule has 1 N–H and O–H groups in total. The molecule has 3 aromatic carbocycles. The number of epoxide rings is 1. The Balaban J connectivity index is 1.26. The Hall–Kier alpha value is -3.15. The van der Waals surface area contributed by atoms with Crippen molar-refractivity contribution in [3.05, 3.63) is 106 Å². The molecule has 0 saturated carbocycles. The molecule has 0 unspecified atom stereocenters. The van der Waals surface area contributed by atoms with Crippen molar-refractivity contribution in [2.45, 2.75) is 81.2 Å². The van der Waals surface area contributed by atoms with Crippen molar-refractivity contribution in [3.8, 4) is 0 Å². The Morgan fingerprint density at radius 1 is 0.857 bits per heavy atom. The third-order valence-corrected chi connectivity index (χ3v) is 9.45. The fraction of sp³-hybridized carbons (Fsp3) is 0.438. The number of rotatable bonds is 19. The summed E-state index contributed by atoms with van der Waals surface area (Å²) in [5.74, 6) is 0. The van der Waals surface area contributed by atoms with E-state index < -0.39 is 44.3 Å². The SMILES string of the molecule is O=[N+]([O-])c1ccccc1S(=O)(=O)N(Cc1ccccc1)[C@@H](CO)[C@@H]1O[C@H]1CCCCCCCCOCc1ccccc1. The van der Waals surface area contributed by atoms with E-state index in [1.807, 2.05) is 24.3 Å². The summed E-state index contributed by atoms with van der Waals surface area (Å²) in [7, 11) is -4.33. The molecule has 4 rings (SSSR count). The fourth-order valence-corrected chi connectivity index (χ4v) is 6.98. The van der Waals surface area contributed by atoms with Crippen LogP contribution in [0, 0.1) is 10.1 Å². The van der Waals surface area contributed by atoms with Crippen molar-refractivity contribution in [1.82, 2.24) is 4.31 Å². The molecule has 0 bridgehead atoms. The van der Waals surface area contributed by atoms with E-state index in [0.29, 0.717) is 12.2 Å². The highest BCUT2D eigenvalue weighted by molar-refractivity contribution is 7.89. The largest absolute Gasteiger partial charge is 0.395 e. The van der Waals surface area contributed by atoms with Crippen LogP contribution in [0.3, 0.4) is 0 Å². The number of ether oxygens (including phenoxy) is 2. The third-order valence-electron chi connectivity index (χ3n) is 7.53. The average molecular weight is 597 g/mol. The molecule has 10 heteroatoms. The molecule has 1 heterocycles. The quantitative estimate of drug-likeness (QED) is 0.0796. The minimum atomic E-state index is -4.33. The second-order valence-corrected chi connectivity index (χ2v) is 12.5. The normalized spacial score (nSPS) is 17.3. The number of unbranched alkanes of at least 4 members (excludes halogenated alkanes) is 5. The van der Waals surface area contributed by atoms with Crippen molar-refractivity contribution in [3.63, 3.8) is 0 Å². The summed E-state index contributed by atoms with van der Waals surface area (Å²) in [6.45, 7) is 0.899. The highest BCUT2D eigenvalue weighted by atomic mass is 32.2. The van der Waals surface area contributed by atoms with E-state index in [1.165, 1.54) is 29.8 Å². The van der Waals surface area contributed by atoms with E-state index in [9.17, 15) is 23.6 Å². The molecular weight excluding hydrogens is 556 g/mol. The van der Waals surface area contributed by atoms with Gasteiger partial charge in [0, 0.05) is 19.2 Å². The van der Waals surface area contributed by atoms with Crippen molar-refractivity contribution in [2.24, 2.45) is 0 Å². The minimum absolute atomic E-state index is 0.0396. The maximum absolute atomic E-state index is 13.8. The van der Waals surface area contributed by atoms with E-state index in [4.69, 9.17) is 9.47 Å². The van der Waals surface area contributed by atoms with Gasteiger partial charge < -0.3 is 14.6 Å². The molecule has 0 spiro atoms. The van der Waals surface area contributed by atoms with E-state index in [-0.39, 0.29) is 12.6 Å². The van der Waals surface area contributed by atoms with Crippen molar-refractivity contribution < 1.29 is 27.9 Å². The molecule has 9 nitrogen and oxygen atoms in total. The molecule has 0 radical (unpaired) electrons. The predicted molar refractivity (Wildman–Crippen MR) is 160 cm³/mol. The van der Waals surface area contributed by atoms with Crippen LogP contribution in [0.1, 0.15) is 56.1 Å². The first-order chi connectivity index (χ1) is 20.4. The maximum Gasteiger partial charge on any atom is 0.289 e. The Kier molecular flexibility index (Phi) is 12.0. The Morgan fingerprint density at radius 2 is 1.45 bits per heavy atom. The van der Waals surface area contributed by atoms with Crippen LogP contribution in [0.25, 0.3) is 0 Å². The van der Waals surface area contributed by atoms with Crippen LogP contribution in [-0.4, -0.2) is 54.2 Å². The first-order valence-corrected chi connectivity index (χ1v) is 16.0. The van der Waals surface area contributed by atoms with Crippen LogP contribution in [0.4, 0.5) is 5.69 Å². The molecule has 1 saturated heterocycles. The van der Waals surface area contributed by atoms with Crippen molar-refractivity contribution >= 4 is 15.7 Å². The maximum atomic E-state index is 13.8. The molecule has 3 aromatic rings. The first-order valence-electron chi connectivity index (χ1n) is 14.6. The summed E-state index contributed by atoms with van der Waals surface area (Å²) in [4.78, 5) is 10.5. The van der Waals surface area contributed by atoms with Gasteiger partial charge in [0.25, 0.3) is 15.7 Å². The van der Waals surface area contributed by atoms with Crippen LogP contribution in [0.5, 0.6) is 0 Å². The lowest BCUT2D eigenvalue weighted by molar-refractivity contribution is -0.387. The van der Waals surface area contributed by atoms with Gasteiger partial charge >= 0.3 is 0 Å². The number of nitro groups is 1. The van der Waals surface area contributed by atoms with Gasteiger partial charge in [0.15, 0.2) is 4.90 Å². The highest BCUT2D eigenvalue weighted by Crippen LogP contribution is 2.37. The van der Waals surface area contributed by atoms with Gasteiger partial charge in [-0.15, -0.1) is 0 Å². The lowest BCUT2D eigenvalue weighted by Gasteiger charge is -2.29. The molecule has 1 aliphatic heterocycles. The second-order valence-electron chi connectivity index (χ2n) is 10.6. The Morgan fingerprint density at radius 3 is 2.12 bits per heavy atom. The summed E-state index contributed by atoms with van der Waals surface area (Å²) in [6, 6.07) is 23.6. The predicted octanol–water partition coefficient (Wildman–Crippen LogP) is 5.86. The number of nitrogens with zero attached hydrogens (tertiary/aromatic N) is 2. The van der Waals surface area contributed by atoms with Gasteiger partial charge in [-0.2, -0.15) is 4.31 Å². The number of hydrogen-bond donors (Lipinski definition) is 1. The number of hydrogen-bond acceptors (Lipinski definition) is 7. The van der Waals surface area contributed by atoms with Crippen molar-refractivity contribution in [2.75, 3.05) is 13.2 Å². The van der Waals surface area contributed by atoms with Crippen LogP contribution in [0.15, 0.2) is 89.8 Å². The van der Waals surface area contributed by atoms with Gasteiger partial charge in [-0.05, 0) is 30.0 Å². The second kappa shape index (κ2) is 15.9. The third kappa shape index (κ3) is 8.92. The summed E-state index contributed by atoms with van der Waals surface area (Å²) < 4.78 is 40.5. The van der Waals surface area contributed by atoms with E-state index in [1.54, 1.807) is 24.3 Å². The van der Waals surface area contributed by atoms with Gasteiger partial charge in [0.2, 0.25) is 0 Å². The van der Waals surface area contributed by atoms with Crippen molar-refractivity contribution in [1.29, 1.82) is 0 Å². The number of sulfonamides is 1. The molecular formula is C32H40N2O7S. The zero-order valence-electron chi connectivity index (χ0n) is 23.8. The number of para-hydroxylation sites is 1. The Bertz CT molecular complexity index is 1360. The van der Waals surface area contributed by atoms with Gasteiger partial charge in [0.1, 0.15) is 6.10 Å². The zero-order valence-corrected chi connectivity index (χ0v) is 24.6. The van der Waals surface area contributed by atoms with Gasteiger partial charge in [0.05, 0.1) is 30.3 Å². The molecule has 0 amide bonds. The number of nitro benzene ring substituents is 1. The zero-order chi connectivity index (χ0) is 29.8. The van der Waals surface area contributed by atoms with E-state index >= 15 is 0 Å². The number of aliphatic hydroxyl groups excluding tert-OH is 1. The molecule has 3 atom stereocenters. The summed E-state index contributed by atoms with van der Waals surface area (Å²) in [5.41, 5.74) is 1.40. The topological polar surface area (TPSA) is 123 Å². The van der Waals surface area contributed by atoms with Crippen LogP contribution in [0.2, 0.25) is 0 Å². The molecule has 0 aliphatic carbocycles. The van der Waals surface area contributed by atoms with Gasteiger partial charge in [-0.3, -0.25) is 10.1 Å². The lowest BCUT2D eigenvalue weighted by Crippen LogP contribution is -2.46. The monoisotopic (exact) mass is 596 g/mol. The molecule has 0 aromatic heterocycles. The van der Waals surface area contributed by atoms with E-state index in [0.717, 1.165) is 55.9 Å². The van der Waals surface area contributed by atoms with Gasteiger partial charge in [-0.25, -0.2) is 8.42 Å². The number of benzene rings is 3. The average Bonchev–Trinajstić information content (AvgIpc) is 3.78. The van der Waals surface area contributed by atoms with Crippen LogP contribution >= 0.6 is 0 Å². The summed E-state index contributed by atoms with van der Waals surface area (Å²) in [6.07, 6.45) is 6.50. The van der Waals surface area contributed by atoms with Crippen LogP contribution < -0.4 is 0 Å². The smallest absolute Gasteiger partial charge is 0.289 e. The fourth-order valence-electron chi connectivity index (χ4n) is 5.20. The van der Waals surface area contributed by atoms with Gasteiger partial charge in [-0.1, -0.05) is 105 Å². The highest BCUT2D eigenvalue weighted by Gasteiger charge is 2.50. The molecule has 1 fully saturated rings. The molecule has 42 heavy (non-hydrogen) atoms. The lowest BCUT2D eigenvalue weighted by atomic mass is 10.0. The Labute approximate surface area is 248 Å². The standard InChI is InChI=1S/C32H40N2O7S/c35-24-29(32-30(41-32)20-11-3-1-2-4-14-22-40-25-27-17-9-6-10-18-27)33(23-26-15-7-5-8-16-26)42(38,39)31-21-13-12-19-28(31)34(36)37/h5-10,12-13,15-19,21,29-30,32,35H,1-4,11,14,20,22-25H2/t29-,30-,32-/m0/s1. The molecule has 226 valence electrons. The van der Waals surface area contributed by atoms with Crippen LogP contribution in [-0.2, 0) is 32.6 Å². The summed E-state index contributed by atoms with van der Waals surface area (Å²) in [5, 5.41) is 22.0. The number of aliphatic hydroxyl groups is 1.